The highest BCUT2D eigenvalue weighted by Gasteiger charge is 2.07. The van der Waals surface area contributed by atoms with Gasteiger partial charge in [-0.05, 0) is 6.92 Å². The highest BCUT2D eigenvalue weighted by atomic mass is 32.1. The van der Waals surface area contributed by atoms with E-state index < -0.39 is 0 Å². The number of hydrogen-bond donors (Lipinski definition) is 0. The van der Waals surface area contributed by atoms with Gasteiger partial charge in [0.2, 0.25) is 0 Å². The summed E-state index contributed by atoms with van der Waals surface area (Å²) in [4.78, 5) is 15.3. The van der Waals surface area contributed by atoms with E-state index in [1.165, 1.54) is 11.3 Å². The molecule has 78 valence electrons. The van der Waals surface area contributed by atoms with Gasteiger partial charge in [-0.2, -0.15) is 0 Å². The maximum absolute atomic E-state index is 11.1. The van der Waals surface area contributed by atoms with Crippen molar-refractivity contribution in [3.8, 4) is 0 Å². The van der Waals surface area contributed by atoms with Crippen molar-refractivity contribution in [3.63, 3.8) is 0 Å². The van der Waals surface area contributed by atoms with E-state index in [9.17, 15) is 4.79 Å². The van der Waals surface area contributed by atoms with Crippen molar-refractivity contribution in [2.45, 2.75) is 20.0 Å². The molecule has 0 aliphatic heterocycles. The number of ether oxygens (including phenoxy) is 2. The van der Waals surface area contributed by atoms with Crippen LogP contribution in [-0.4, -0.2) is 24.7 Å². The normalized spacial score (nSPS) is 10.1. The van der Waals surface area contributed by atoms with Gasteiger partial charge in [0.15, 0.2) is 0 Å². The van der Waals surface area contributed by atoms with Crippen LogP contribution in [0.15, 0.2) is 5.38 Å². The Labute approximate surface area is 86.9 Å². The van der Waals surface area contributed by atoms with E-state index in [0.717, 1.165) is 10.7 Å². The lowest BCUT2D eigenvalue weighted by atomic mass is 10.4. The number of esters is 1. The molecule has 0 aliphatic rings. The number of nitrogens with zero attached hydrogens (tertiary/aromatic N) is 1. The fraction of sp³-hybridized carbons (Fsp3) is 0.556. The third kappa shape index (κ3) is 3.43. The van der Waals surface area contributed by atoms with Crippen LogP contribution in [0.3, 0.4) is 0 Å². The van der Waals surface area contributed by atoms with Gasteiger partial charge in [-0.1, -0.05) is 0 Å². The molecule has 5 heteroatoms. The van der Waals surface area contributed by atoms with Crippen LogP contribution in [0.25, 0.3) is 0 Å². The van der Waals surface area contributed by atoms with Gasteiger partial charge in [0.25, 0.3) is 0 Å². The number of hydrogen-bond acceptors (Lipinski definition) is 5. The number of carbonyl (C=O) groups excluding carboxylic acids is 1. The van der Waals surface area contributed by atoms with Crippen molar-refractivity contribution < 1.29 is 14.3 Å². The SMILES string of the molecule is CCOC(=O)Cc1nc(COC)cs1. The summed E-state index contributed by atoms with van der Waals surface area (Å²) in [5, 5.41) is 2.66. The highest BCUT2D eigenvalue weighted by molar-refractivity contribution is 7.09. The molecule has 0 saturated carbocycles. The first-order valence-electron chi connectivity index (χ1n) is 4.34. The van der Waals surface area contributed by atoms with Gasteiger partial charge in [-0.25, -0.2) is 4.98 Å². The second-order valence-electron chi connectivity index (χ2n) is 2.65. The molecule has 0 radical (unpaired) electrons. The average Bonchev–Trinajstić information content (AvgIpc) is 2.53. The molecule has 4 nitrogen and oxygen atoms in total. The quantitative estimate of drug-likeness (QED) is 0.696. The molecule has 1 aromatic heterocycles. The molecule has 0 aliphatic carbocycles. The lowest BCUT2D eigenvalue weighted by Crippen LogP contribution is -2.07. The Morgan fingerprint density at radius 1 is 1.64 bits per heavy atom. The molecule has 0 atom stereocenters. The number of thiazole rings is 1. The monoisotopic (exact) mass is 215 g/mol. The van der Waals surface area contributed by atoms with Crippen molar-refractivity contribution >= 4 is 17.3 Å². The molecule has 1 rings (SSSR count). The van der Waals surface area contributed by atoms with E-state index in [1.54, 1.807) is 14.0 Å². The number of rotatable bonds is 5. The summed E-state index contributed by atoms with van der Waals surface area (Å²) in [5.74, 6) is -0.231. The third-order valence-corrected chi connectivity index (χ3v) is 2.39. The van der Waals surface area contributed by atoms with Crippen molar-refractivity contribution in [1.82, 2.24) is 4.98 Å². The largest absolute Gasteiger partial charge is 0.466 e. The molecule has 0 fully saturated rings. The standard InChI is InChI=1S/C9H13NO3S/c1-3-13-9(11)4-8-10-7(5-12-2)6-14-8/h6H,3-5H2,1-2H3. The minimum absolute atomic E-state index is 0.231. The number of methoxy groups -OCH3 is 1. The van der Waals surface area contributed by atoms with Crippen molar-refractivity contribution in [2.24, 2.45) is 0 Å². The van der Waals surface area contributed by atoms with Gasteiger partial charge in [0.05, 0.1) is 25.3 Å². The molecule has 1 heterocycles. The molecular formula is C9H13NO3S. The Bertz CT molecular complexity index is 298. The summed E-state index contributed by atoms with van der Waals surface area (Å²) in [7, 11) is 1.62. The van der Waals surface area contributed by atoms with Gasteiger partial charge < -0.3 is 9.47 Å². The Morgan fingerprint density at radius 2 is 2.43 bits per heavy atom. The van der Waals surface area contributed by atoms with E-state index in [2.05, 4.69) is 4.98 Å². The van der Waals surface area contributed by atoms with E-state index in [1.807, 2.05) is 5.38 Å². The molecule has 0 aromatic carbocycles. The molecule has 0 bridgehead atoms. The summed E-state index contributed by atoms with van der Waals surface area (Å²) in [6.45, 7) is 2.69. The summed E-state index contributed by atoms with van der Waals surface area (Å²) in [6, 6.07) is 0. The Hall–Kier alpha value is -0.940. The van der Waals surface area contributed by atoms with E-state index >= 15 is 0 Å². The number of carbonyl (C=O) groups is 1. The minimum atomic E-state index is -0.231. The molecule has 0 spiro atoms. The molecular weight excluding hydrogens is 202 g/mol. The molecule has 14 heavy (non-hydrogen) atoms. The Morgan fingerprint density at radius 3 is 3.07 bits per heavy atom. The van der Waals surface area contributed by atoms with Crippen LogP contribution < -0.4 is 0 Å². The van der Waals surface area contributed by atoms with Crippen LogP contribution in [0, 0.1) is 0 Å². The predicted molar refractivity (Wildman–Crippen MR) is 53.2 cm³/mol. The third-order valence-electron chi connectivity index (χ3n) is 1.49. The van der Waals surface area contributed by atoms with Crippen LogP contribution in [0.1, 0.15) is 17.6 Å². The fourth-order valence-corrected chi connectivity index (χ4v) is 1.74. The van der Waals surface area contributed by atoms with E-state index in [0.29, 0.717) is 13.2 Å². The smallest absolute Gasteiger partial charge is 0.312 e. The van der Waals surface area contributed by atoms with Gasteiger partial charge in [-0.15, -0.1) is 11.3 Å². The fourth-order valence-electron chi connectivity index (χ4n) is 0.980. The summed E-state index contributed by atoms with van der Waals surface area (Å²) >= 11 is 1.45. The second kappa shape index (κ2) is 5.72. The first kappa shape index (κ1) is 11.1. The number of aromatic nitrogens is 1. The van der Waals surface area contributed by atoms with Crippen LogP contribution in [0.4, 0.5) is 0 Å². The Balaban J connectivity index is 2.46. The summed E-state index contributed by atoms with van der Waals surface area (Å²) < 4.78 is 9.73. The average molecular weight is 215 g/mol. The topological polar surface area (TPSA) is 48.4 Å². The molecule has 0 unspecified atom stereocenters. The lowest BCUT2D eigenvalue weighted by Gasteiger charge is -1.97. The molecule has 1 aromatic rings. The molecule has 0 N–H and O–H groups in total. The lowest BCUT2D eigenvalue weighted by molar-refractivity contribution is -0.142. The van der Waals surface area contributed by atoms with Crippen molar-refractivity contribution in [1.29, 1.82) is 0 Å². The molecule has 0 amide bonds. The van der Waals surface area contributed by atoms with Crippen LogP contribution in [0.2, 0.25) is 0 Å². The first-order valence-corrected chi connectivity index (χ1v) is 5.22. The Kier molecular flexibility index (Phi) is 4.55. The maximum atomic E-state index is 11.1. The van der Waals surface area contributed by atoms with Crippen LogP contribution in [0.5, 0.6) is 0 Å². The van der Waals surface area contributed by atoms with Gasteiger partial charge in [-0.3, -0.25) is 4.79 Å². The summed E-state index contributed by atoms with van der Waals surface area (Å²) in [5.41, 5.74) is 0.858. The van der Waals surface area contributed by atoms with E-state index in [-0.39, 0.29) is 12.4 Å². The van der Waals surface area contributed by atoms with Gasteiger partial charge in [0.1, 0.15) is 5.01 Å². The molecule has 0 saturated heterocycles. The zero-order valence-corrected chi connectivity index (χ0v) is 9.10. The van der Waals surface area contributed by atoms with Crippen molar-refractivity contribution in [3.05, 3.63) is 16.1 Å². The minimum Gasteiger partial charge on any atom is -0.466 e. The highest BCUT2D eigenvalue weighted by Crippen LogP contribution is 2.11. The predicted octanol–water partition coefficient (Wildman–Crippen LogP) is 1.40. The maximum Gasteiger partial charge on any atom is 0.312 e. The first-order chi connectivity index (χ1) is 6.76. The zero-order valence-electron chi connectivity index (χ0n) is 8.28. The van der Waals surface area contributed by atoms with Crippen LogP contribution in [-0.2, 0) is 27.3 Å². The summed E-state index contributed by atoms with van der Waals surface area (Å²) in [6.07, 6.45) is 0.252. The van der Waals surface area contributed by atoms with Crippen molar-refractivity contribution in [2.75, 3.05) is 13.7 Å². The second-order valence-corrected chi connectivity index (χ2v) is 3.59. The van der Waals surface area contributed by atoms with Gasteiger partial charge in [0, 0.05) is 12.5 Å². The zero-order chi connectivity index (χ0) is 10.4. The van der Waals surface area contributed by atoms with Gasteiger partial charge >= 0.3 is 5.97 Å². The van der Waals surface area contributed by atoms with E-state index in [4.69, 9.17) is 9.47 Å². The van der Waals surface area contributed by atoms with Crippen LogP contribution >= 0.6 is 11.3 Å².